The number of piperidine rings is 1. The van der Waals surface area contributed by atoms with E-state index in [9.17, 15) is 9.59 Å². The van der Waals surface area contributed by atoms with Gasteiger partial charge in [-0.3, -0.25) is 10.1 Å². The van der Waals surface area contributed by atoms with Gasteiger partial charge in [0.1, 0.15) is 22.8 Å². The summed E-state index contributed by atoms with van der Waals surface area (Å²) < 4.78 is 11.5. The molecule has 0 radical (unpaired) electrons. The van der Waals surface area contributed by atoms with Crippen LogP contribution in [0.1, 0.15) is 63.7 Å². The van der Waals surface area contributed by atoms with E-state index in [0.717, 1.165) is 25.9 Å². The Kier molecular flexibility index (Phi) is 8.01. The number of carbonyl (C=O) groups is 2. The Balaban J connectivity index is 1.28. The lowest BCUT2D eigenvalue weighted by Gasteiger charge is -2.37. The highest BCUT2D eigenvalue weighted by Gasteiger charge is 2.32. The van der Waals surface area contributed by atoms with E-state index in [1.807, 2.05) is 20.8 Å². The molecular formula is C28H36N6O4. The maximum atomic E-state index is 12.7. The van der Waals surface area contributed by atoms with Gasteiger partial charge in [0, 0.05) is 28.8 Å². The van der Waals surface area contributed by atoms with Crippen molar-refractivity contribution in [3.05, 3.63) is 60.1 Å². The van der Waals surface area contributed by atoms with Crippen LogP contribution in [0.15, 0.2) is 53.2 Å². The molecule has 1 aliphatic rings. The summed E-state index contributed by atoms with van der Waals surface area (Å²) in [6.45, 7) is 12.2. The molecule has 4 rings (SSSR count). The Morgan fingerprint density at radius 3 is 2.18 bits per heavy atom. The van der Waals surface area contributed by atoms with Gasteiger partial charge in [-0.05, 0) is 76.2 Å². The van der Waals surface area contributed by atoms with Crippen molar-refractivity contribution in [2.24, 2.45) is 5.92 Å². The lowest BCUT2D eigenvalue weighted by atomic mass is 9.83. The quantitative estimate of drug-likeness (QED) is 0.327. The number of nitrogens with zero attached hydrogens (tertiary/aromatic N) is 2. The first-order chi connectivity index (χ1) is 18.0. The summed E-state index contributed by atoms with van der Waals surface area (Å²) in [6.07, 6.45) is 3.72. The molecule has 1 fully saturated rings. The number of aromatic nitrogens is 2. The third-order valence-corrected chi connectivity index (χ3v) is 6.56. The summed E-state index contributed by atoms with van der Waals surface area (Å²) in [6, 6.07) is 11.4. The fraction of sp³-hybridized carbons (Fsp3) is 0.429. The van der Waals surface area contributed by atoms with E-state index < -0.39 is 6.03 Å². The molecule has 1 aromatic carbocycles. The van der Waals surface area contributed by atoms with E-state index in [1.54, 1.807) is 48.7 Å². The number of rotatable bonds is 7. The van der Waals surface area contributed by atoms with E-state index >= 15 is 0 Å². The van der Waals surface area contributed by atoms with Crippen LogP contribution in [0.25, 0.3) is 0 Å². The van der Waals surface area contributed by atoms with Gasteiger partial charge in [-0.25, -0.2) is 9.78 Å². The topological polar surface area (TPSA) is 130 Å². The van der Waals surface area contributed by atoms with Crippen LogP contribution in [0.5, 0.6) is 5.75 Å². The van der Waals surface area contributed by atoms with Crippen molar-refractivity contribution in [2.75, 3.05) is 29.0 Å². The molecule has 10 nitrogen and oxygen atoms in total. The predicted molar refractivity (Wildman–Crippen MR) is 147 cm³/mol. The summed E-state index contributed by atoms with van der Waals surface area (Å²) in [5.74, 6) is 1.76. The first kappa shape index (κ1) is 27.1. The smallest absolute Gasteiger partial charge is 0.324 e. The number of amides is 3. The molecule has 0 bridgehead atoms. The first-order valence-corrected chi connectivity index (χ1v) is 12.8. The van der Waals surface area contributed by atoms with E-state index in [2.05, 4.69) is 45.3 Å². The molecule has 0 saturated carbocycles. The zero-order valence-electron chi connectivity index (χ0n) is 22.6. The standard InChI is InChI=1S/C28H36N6O4/c1-27(2,3)23-16-24(34-38-23)33-26(36)32-20-8-6-19(7-9-20)31-25(35)22-11-10-21(17-30-22)37-28(4,5)18-12-14-29-15-13-18/h6-11,16-18,29H,12-15H2,1-5H3,(H,31,35)(H2,32,33,34,36). The van der Waals surface area contributed by atoms with Crippen LogP contribution < -0.4 is 26.0 Å². The largest absolute Gasteiger partial charge is 0.486 e. The molecule has 2 aromatic heterocycles. The number of carbonyl (C=O) groups excluding carboxylic acids is 2. The highest BCUT2D eigenvalue weighted by Crippen LogP contribution is 2.30. The molecule has 0 atom stereocenters. The van der Waals surface area contributed by atoms with Gasteiger partial charge in [-0.15, -0.1) is 0 Å². The highest BCUT2D eigenvalue weighted by molar-refractivity contribution is 6.03. The van der Waals surface area contributed by atoms with Gasteiger partial charge in [-0.2, -0.15) is 0 Å². The molecule has 0 spiro atoms. The van der Waals surface area contributed by atoms with E-state index in [-0.39, 0.29) is 22.6 Å². The Morgan fingerprint density at radius 1 is 0.947 bits per heavy atom. The van der Waals surface area contributed by atoms with Gasteiger partial charge in [-0.1, -0.05) is 25.9 Å². The zero-order valence-corrected chi connectivity index (χ0v) is 22.6. The second-order valence-corrected chi connectivity index (χ2v) is 11.0. The van der Waals surface area contributed by atoms with Crippen LogP contribution >= 0.6 is 0 Å². The van der Waals surface area contributed by atoms with Crippen LogP contribution in [0, 0.1) is 5.92 Å². The number of urea groups is 1. The molecule has 4 N–H and O–H groups in total. The number of pyridine rings is 1. The maximum Gasteiger partial charge on any atom is 0.324 e. The van der Waals surface area contributed by atoms with Gasteiger partial charge >= 0.3 is 6.03 Å². The van der Waals surface area contributed by atoms with Crippen molar-refractivity contribution in [3.63, 3.8) is 0 Å². The van der Waals surface area contributed by atoms with Crippen molar-refractivity contribution >= 4 is 29.1 Å². The van der Waals surface area contributed by atoms with Crippen molar-refractivity contribution in [1.82, 2.24) is 15.5 Å². The molecule has 0 aliphatic carbocycles. The molecular weight excluding hydrogens is 484 g/mol. The minimum atomic E-state index is -0.453. The lowest BCUT2D eigenvalue weighted by Crippen LogP contribution is -2.43. The molecule has 3 aromatic rings. The van der Waals surface area contributed by atoms with Crippen molar-refractivity contribution in [2.45, 2.75) is 58.5 Å². The molecule has 3 amide bonds. The van der Waals surface area contributed by atoms with Crippen LogP contribution in [0.4, 0.5) is 22.0 Å². The molecule has 10 heteroatoms. The van der Waals surface area contributed by atoms with E-state index in [0.29, 0.717) is 34.6 Å². The minimum absolute atomic E-state index is 0.210. The second-order valence-electron chi connectivity index (χ2n) is 11.0. The Morgan fingerprint density at radius 2 is 1.61 bits per heavy atom. The number of hydrogen-bond acceptors (Lipinski definition) is 7. The number of ether oxygens (including phenoxy) is 1. The Hall–Kier alpha value is -3.92. The SMILES string of the molecule is CC(C)(C)c1cc(NC(=O)Nc2ccc(NC(=O)c3ccc(OC(C)(C)C4CCNCC4)cn3)cc2)no1. The average Bonchev–Trinajstić information content (AvgIpc) is 3.35. The molecule has 3 heterocycles. The monoisotopic (exact) mass is 520 g/mol. The van der Waals surface area contributed by atoms with Crippen LogP contribution in [0.2, 0.25) is 0 Å². The summed E-state index contributed by atoms with van der Waals surface area (Å²) in [4.78, 5) is 29.3. The molecule has 1 saturated heterocycles. The Bertz CT molecular complexity index is 1240. The van der Waals surface area contributed by atoms with Crippen LogP contribution in [-0.4, -0.2) is 40.8 Å². The fourth-order valence-corrected chi connectivity index (χ4v) is 4.28. The minimum Gasteiger partial charge on any atom is -0.486 e. The maximum absolute atomic E-state index is 12.7. The summed E-state index contributed by atoms with van der Waals surface area (Å²) in [5, 5.41) is 15.4. The van der Waals surface area contributed by atoms with Gasteiger partial charge in [0.2, 0.25) is 0 Å². The fourth-order valence-electron chi connectivity index (χ4n) is 4.28. The van der Waals surface area contributed by atoms with Crippen molar-refractivity contribution < 1.29 is 18.8 Å². The van der Waals surface area contributed by atoms with Crippen molar-refractivity contribution in [1.29, 1.82) is 0 Å². The van der Waals surface area contributed by atoms with Crippen LogP contribution in [0.3, 0.4) is 0 Å². The normalized spacial score (nSPS) is 14.6. The predicted octanol–water partition coefficient (Wildman–Crippen LogP) is 5.42. The number of anilines is 3. The first-order valence-electron chi connectivity index (χ1n) is 12.8. The van der Waals surface area contributed by atoms with Gasteiger partial charge in [0.15, 0.2) is 5.82 Å². The average molecular weight is 521 g/mol. The second kappa shape index (κ2) is 11.2. The van der Waals surface area contributed by atoms with Crippen molar-refractivity contribution in [3.8, 4) is 5.75 Å². The van der Waals surface area contributed by atoms with Gasteiger partial charge in [0.05, 0.1) is 6.20 Å². The third-order valence-electron chi connectivity index (χ3n) is 6.56. The highest BCUT2D eigenvalue weighted by atomic mass is 16.5. The molecule has 202 valence electrons. The van der Waals surface area contributed by atoms with Gasteiger partial charge < -0.3 is 25.2 Å². The van der Waals surface area contributed by atoms with E-state index in [4.69, 9.17) is 9.26 Å². The number of hydrogen-bond donors (Lipinski definition) is 4. The third kappa shape index (κ3) is 7.10. The summed E-state index contributed by atoms with van der Waals surface area (Å²) in [7, 11) is 0. The van der Waals surface area contributed by atoms with Crippen LogP contribution in [-0.2, 0) is 5.41 Å². The molecule has 1 aliphatic heterocycles. The molecule has 0 unspecified atom stereocenters. The number of nitrogens with one attached hydrogen (secondary N) is 4. The lowest BCUT2D eigenvalue weighted by molar-refractivity contribution is 0.0282. The summed E-state index contributed by atoms with van der Waals surface area (Å²) in [5.41, 5.74) is 0.877. The molecule has 38 heavy (non-hydrogen) atoms. The number of benzene rings is 1. The van der Waals surface area contributed by atoms with E-state index in [1.165, 1.54) is 0 Å². The zero-order chi connectivity index (χ0) is 27.3. The van der Waals surface area contributed by atoms with Gasteiger partial charge in [0.25, 0.3) is 5.91 Å². The Labute approximate surface area is 222 Å². The summed E-state index contributed by atoms with van der Waals surface area (Å²) >= 11 is 0.